The number of alkyl halides is 1. The van der Waals surface area contributed by atoms with Crippen LogP contribution < -0.4 is 5.32 Å². The van der Waals surface area contributed by atoms with Gasteiger partial charge in [-0.1, -0.05) is 24.3 Å². The smallest absolute Gasteiger partial charge is 0.220 e. The zero-order chi connectivity index (χ0) is 12.5. The first-order chi connectivity index (χ1) is 8.26. The summed E-state index contributed by atoms with van der Waals surface area (Å²) in [6, 6.07) is 7.55. The van der Waals surface area contributed by atoms with Crippen molar-refractivity contribution < 1.29 is 9.90 Å². The minimum Gasteiger partial charge on any atom is -0.392 e. The number of carbonyl (C=O) groups excluding carboxylic acids is 1. The summed E-state index contributed by atoms with van der Waals surface area (Å²) in [4.78, 5) is 11.4. The lowest BCUT2D eigenvalue weighted by Crippen LogP contribution is -2.22. The van der Waals surface area contributed by atoms with E-state index in [0.29, 0.717) is 18.8 Å². The zero-order valence-electron chi connectivity index (χ0n) is 9.79. The van der Waals surface area contributed by atoms with E-state index < -0.39 is 0 Å². The van der Waals surface area contributed by atoms with Crippen LogP contribution in [0.1, 0.15) is 30.4 Å². The molecule has 17 heavy (non-hydrogen) atoms. The number of aliphatic hydroxyl groups is 1. The molecule has 4 heteroatoms. The van der Waals surface area contributed by atoms with E-state index in [4.69, 9.17) is 16.7 Å². The molecule has 0 radical (unpaired) electrons. The van der Waals surface area contributed by atoms with Crippen molar-refractivity contribution in [2.45, 2.75) is 32.4 Å². The third-order valence-electron chi connectivity index (χ3n) is 2.45. The number of carbonyl (C=O) groups is 1. The SMILES string of the molecule is O=C(CCCCCl)NCc1cccc(CO)c1. The summed E-state index contributed by atoms with van der Waals surface area (Å²) in [5.74, 6) is 0.649. The molecule has 0 aliphatic heterocycles. The second-order valence-electron chi connectivity index (χ2n) is 3.90. The molecule has 94 valence electrons. The Hall–Kier alpha value is -1.06. The van der Waals surface area contributed by atoms with E-state index in [1.54, 1.807) is 0 Å². The van der Waals surface area contributed by atoms with Crippen molar-refractivity contribution >= 4 is 17.5 Å². The molecule has 1 amide bonds. The first kappa shape index (κ1) is 14.0. The number of unbranched alkanes of at least 4 members (excludes halogenated alkanes) is 1. The highest BCUT2D eigenvalue weighted by atomic mass is 35.5. The highest BCUT2D eigenvalue weighted by Gasteiger charge is 2.01. The molecule has 0 heterocycles. The third kappa shape index (κ3) is 5.71. The number of amides is 1. The highest BCUT2D eigenvalue weighted by molar-refractivity contribution is 6.17. The molecule has 1 aromatic rings. The van der Waals surface area contributed by atoms with Crippen LogP contribution in [0.2, 0.25) is 0 Å². The van der Waals surface area contributed by atoms with Gasteiger partial charge in [0, 0.05) is 18.8 Å². The Balaban J connectivity index is 2.31. The van der Waals surface area contributed by atoms with Crippen LogP contribution in [0.25, 0.3) is 0 Å². The fourth-order valence-electron chi connectivity index (χ4n) is 1.51. The van der Waals surface area contributed by atoms with Crippen molar-refractivity contribution in [1.82, 2.24) is 5.32 Å². The predicted molar refractivity (Wildman–Crippen MR) is 68.8 cm³/mol. The van der Waals surface area contributed by atoms with Gasteiger partial charge in [0.2, 0.25) is 5.91 Å². The third-order valence-corrected chi connectivity index (χ3v) is 2.72. The maximum absolute atomic E-state index is 11.4. The topological polar surface area (TPSA) is 49.3 Å². The minimum atomic E-state index is 0.0253. The van der Waals surface area contributed by atoms with Crippen molar-refractivity contribution in [3.8, 4) is 0 Å². The van der Waals surface area contributed by atoms with Crippen LogP contribution in [0, 0.1) is 0 Å². The molecule has 0 aromatic heterocycles. The molecule has 1 aromatic carbocycles. The monoisotopic (exact) mass is 255 g/mol. The highest BCUT2D eigenvalue weighted by Crippen LogP contribution is 2.05. The molecule has 0 fully saturated rings. The summed E-state index contributed by atoms with van der Waals surface area (Å²) in [6.07, 6.45) is 2.22. The number of rotatable bonds is 7. The molecule has 0 saturated heterocycles. The Kier molecular flexibility index (Phi) is 6.67. The van der Waals surface area contributed by atoms with Gasteiger partial charge in [-0.05, 0) is 24.0 Å². The second-order valence-corrected chi connectivity index (χ2v) is 4.28. The first-order valence-corrected chi connectivity index (χ1v) is 6.31. The summed E-state index contributed by atoms with van der Waals surface area (Å²) in [6.45, 7) is 0.533. The number of nitrogens with one attached hydrogen (secondary N) is 1. The second kappa shape index (κ2) is 8.09. The van der Waals surface area contributed by atoms with E-state index in [-0.39, 0.29) is 12.5 Å². The van der Waals surface area contributed by atoms with Crippen LogP contribution >= 0.6 is 11.6 Å². The molecule has 0 aliphatic rings. The van der Waals surface area contributed by atoms with Gasteiger partial charge in [0.15, 0.2) is 0 Å². The van der Waals surface area contributed by atoms with Crippen LogP contribution in [0.15, 0.2) is 24.3 Å². The van der Waals surface area contributed by atoms with Gasteiger partial charge in [-0.2, -0.15) is 0 Å². The summed E-state index contributed by atoms with van der Waals surface area (Å²) < 4.78 is 0. The first-order valence-electron chi connectivity index (χ1n) is 5.77. The Morgan fingerprint density at radius 1 is 1.29 bits per heavy atom. The van der Waals surface area contributed by atoms with E-state index in [9.17, 15) is 4.79 Å². The summed E-state index contributed by atoms with van der Waals surface area (Å²) in [5.41, 5.74) is 1.86. The molecule has 1 rings (SSSR count). The van der Waals surface area contributed by atoms with Gasteiger partial charge < -0.3 is 10.4 Å². The number of hydrogen-bond acceptors (Lipinski definition) is 2. The molecule has 0 saturated carbocycles. The molecule has 0 unspecified atom stereocenters. The van der Waals surface area contributed by atoms with Crippen molar-refractivity contribution in [2.24, 2.45) is 0 Å². The van der Waals surface area contributed by atoms with Gasteiger partial charge in [0.25, 0.3) is 0 Å². The molecule has 3 nitrogen and oxygen atoms in total. The number of benzene rings is 1. The van der Waals surface area contributed by atoms with Gasteiger partial charge in [-0.15, -0.1) is 11.6 Å². The summed E-state index contributed by atoms with van der Waals surface area (Å²) in [7, 11) is 0. The fourth-order valence-corrected chi connectivity index (χ4v) is 1.70. The minimum absolute atomic E-state index is 0.0253. The Morgan fingerprint density at radius 3 is 2.76 bits per heavy atom. The van der Waals surface area contributed by atoms with Crippen LogP contribution in [-0.2, 0) is 17.9 Å². The van der Waals surface area contributed by atoms with E-state index >= 15 is 0 Å². The normalized spacial score (nSPS) is 10.2. The van der Waals surface area contributed by atoms with E-state index in [1.807, 2.05) is 24.3 Å². The van der Waals surface area contributed by atoms with Gasteiger partial charge in [0.05, 0.1) is 6.61 Å². The Bertz CT molecular complexity index is 355. The van der Waals surface area contributed by atoms with Crippen LogP contribution in [-0.4, -0.2) is 16.9 Å². The number of halogens is 1. The maximum atomic E-state index is 11.4. The van der Waals surface area contributed by atoms with E-state index in [1.165, 1.54) is 0 Å². The lowest BCUT2D eigenvalue weighted by molar-refractivity contribution is -0.121. The van der Waals surface area contributed by atoms with Gasteiger partial charge in [-0.25, -0.2) is 0 Å². The van der Waals surface area contributed by atoms with E-state index in [2.05, 4.69) is 5.32 Å². The van der Waals surface area contributed by atoms with Crippen molar-refractivity contribution in [3.63, 3.8) is 0 Å². The van der Waals surface area contributed by atoms with Gasteiger partial charge >= 0.3 is 0 Å². The maximum Gasteiger partial charge on any atom is 0.220 e. The molecular weight excluding hydrogens is 238 g/mol. The number of hydrogen-bond donors (Lipinski definition) is 2. The van der Waals surface area contributed by atoms with Crippen LogP contribution in [0.5, 0.6) is 0 Å². The molecule has 0 atom stereocenters. The van der Waals surface area contributed by atoms with Crippen LogP contribution in [0.4, 0.5) is 0 Å². The molecule has 2 N–H and O–H groups in total. The summed E-state index contributed by atoms with van der Waals surface area (Å²) >= 11 is 5.54. The lowest BCUT2D eigenvalue weighted by atomic mass is 10.1. The lowest BCUT2D eigenvalue weighted by Gasteiger charge is -2.06. The molecule has 0 spiro atoms. The average molecular weight is 256 g/mol. The van der Waals surface area contributed by atoms with Crippen molar-refractivity contribution in [3.05, 3.63) is 35.4 Å². The quantitative estimate of drug-likeness (QED) is 0.580. The zero-order valence-corrected chi connectivity index (χ0v) is 10.5. The average Bonchev–Trinajstić information content (AvgIpc) is 2.37. The predicted octanol–water partition coefficient (Wildman–Crippen LogP) is 2.20. The molecule has 0 bridgehead atoms. The van der Waals surface area contributed by atoms with Crippen molar-refractivity contribution in [2.75, 3.05) is 5.88 Å². The Morgan fingerprint density at radius 2 is 2.06 bits per heavy atom. The van der Waals surface area contributed by atoms with Crippen molar-refractivity contribution in [1.29, 1.82) is 0 Å². The Labute approximate surface area is 107 Å². The van der Waals surface area contributed by atoms with Gasteiger partial charge in [0.1, 0.15) is 0 Å². The standard InChI is InChI=1S/C13H18ClNO2/c14-7-2-1-6-13(17)15-9-11-4-3-5-12(8-11)10-16/h3-5,8,16H,1-2,6-7,9-10H2,(H,15,17). The molecule has 0 aliphatic carbocycles. The fraction of sp³-hybridized carbons (Fsp3) is 0.462. The molecular formula is C13H18ClNO2. The van der Waals surface area contributed by atoms with Crippen LogP contribution in [0.3, 0.4) is 0 Å². The number of aliphatic hydroxyl groups excluding tert-OH is 1. The summed E-state index contributed by atoms with van der Waals surface area (Å²) in [5, 5.41) is 11.8. The van der Waals surface area contributed by atoms with Gasteiger partial charge in [-0.3, -0.25) is 4.79 Å². The largest absolute Gasteiger partial charge is 0.392 e. The van der Waals surface area contributed by atoms with E-state index in [0.717, 1.165) is 24.0 Å².